The molecule has 4 aromatic carbocycles. The third-order valence-corrected chi connectivity index (χ3v) is 7.62. The molecule has 13 nitrogen and oxygen atoms in total. The van der Waals surface area contributed by atoms with Gasteiger partial charge in [0.2, 0.25) is 11.6 Å². The number of anilines is 4. The molecule has 0 radical (unpaired) electrons. The van der Waals surface area contributed by atoms with Gasteiger partial charge in [0.1, 0.15) is 5.60 Å². The van der Waals surface area contributed by atoms with Gasteiger partial charge in [0.05, 0.1) is 17.7 Å². The van der Waals surface area contributed by atoms with Crippen molar-refractivity contribution >= 4 is 40.4 Å². The number of carbonyl (C=O) groups is 1. The second-order valence-corrected chi connectivity index (χ2v) is 13.4. The van der Waals surface area contributed by atoms with Crippen LogP contribution >= 0.6 is 11.6 Å². The number of H-pyrrole nitrogens is 1. The normalized spacial score (nSPS) is 11.0. The number of halogens is 7. The number of amides is 1. The number of tetrazole rings is 2. The lowest BCUT2D eigenvalue weighted by Crippen LogP contribution is -2.34. The highest BCUT2D eigenvalue weighted by molar-refractivity contribution is 6.17. The third-order valence-electron chi connectivity index (χ3n) is 7.24. The minimum atomic E-state index is -4.44. The van der Waals surface area contributed by atoms with Crippen LogP contribution in [0.5, 0.6) is 0 Å². The zero-order valence-electron chi connectivity index (χ0n) is 31.7. The predicted molar refractivity (Wildman–Crippen MR) is 221 cm³/mol. The Hall–Kier alpha value is -6.24. The molecule has 1 amide bonds. The van der Waals surface area contributed by atoms with Crippen LogP contribution in [0.2, 0.25) is 0 Å². The lowest BCUT2D eigenvalue weighted by atomic mass is 10.1. The summed E-state index contributed by atoms with van der Waals surface area (Å²) in [5, 5.41) is 34.4. The Balaban J connectivity index is 0.000000386. The highest BCUT2D eigenvalue weighted by Gasteiger charge is 2.31. The van der Waals surface area contributed by atoms with Crippen molar-refractivity contribution in [1.82, 2.24) is 46.1 Å². The molecule has 2 heterocycles. The van der Waals surface area contributed by atoms with Gasteiger partial charge in [-0.2, -0.15) is 36.4 Å². The number of ether oxygens (including phenoxy) is 1. The molecule has 0 aliphatic carbocycles. The Kier molecular flexibility index (Phi) is 19.0. The van der Waals surface area contributed by atoms with Crippen molar-refractivity contribution in [2.45, 2.75) is 73.5 Å². The zero-order chi connectivity index (χ0) is 42.3. The quantitative estimate of drug-likeness (QED) is 0.0771. The minimum Gasteiger partial charge on any atom is -0.444 e. The van der Waals surface area contributed by atoms with Crippen LogP contribution in [0.3, 0.4) is 0 Å². The standard InChI is InChI=1S/C21H23F3N6O2.C14H10F3N5.C3H7Cl.2CH4/c1-20(2,3)32-19(31)25-11-12-30-28-18(27-29-30)16-9-4-5-10-17(16)26-15-8-6-7-14(13-15)21(22,23)24;15-14(16,17)9-4-3-5-10(8-9)18-12-7-2-1-6-11(12)13-19-21-22-20-13;1-2-3-4;;/h4-10,13,26H,11-12H2,1-3H3,(H,25,31);1-8,18H,(H,19,20,21,22);2-3H2,1H3;2*1H4. The summed E-state index contributed by atoms with van der Waals surface area (Å²) in [5.41, 5.74) is 0.855. The molecule has 0 saturated heterocycles. The Morgan fingerprint density at radius 2 is 1.25 bits per heavy atom. The number of aromatic nitrogens is 8. The van der Waals surface area contributed by atoms with E-state index in [0.29, 0.717) is 34.0 Å². The van der Waals surface area contributed by atoms with E-state index in [1.807, 2.05) is 6.92 Å². The SMILES string of the molecule is C.C.CC(C)(C)OC(=O)NCCn1nnc(-c2ccccc2Nc2cccc(C(F)(F)F)c2)n1.CCCCl.FC(F)(F)c1cccc(Nc2ccccc2-c2nn[nH]n2)c1. The fraction of sp³-hybridized carbons (Fsp3) is 0.325. The van der Waals surface area contributed by atoms with E-state index in [1.54, 1.807) is 81.4 Å². The molecule has 6 aromatic rings. The van der Waals surface area contributed by atoms with Crippen molar-refractivity contribution in [2.75, 3.05) is 23.1 Å². The van der Waals surface area contributed by atoms with Gasteiger partial charge in [-0.25, -0.2) is 4.79 Å². The van der Waals surface area contributed by atoms with E-state index in [-0.39, 0.29) is 39.5 Å². The highest BCUT2D eigenvalue weighted by Crippen LogP contribution is 2.34. The molecule has 0 atom stereocenters. The Bertz CT molecular complexity index is 2190. The van der Waals surface area contributed by atoms with Gasteiger partial charge in [0, 0.05) is 46.3 Å². The van der Waals surface area contributed by atoms with Gasteiger partial charge in [-0.15, -0.1) is 32.0 Å². The number of benzene rings is 4. The minimum absolute atomic E-state index is 0. The maximum Gasteiger partial charge on any atom is 0.416 e. The van der Waals surface area contributed by atoms with Gasteiger partial charge in [0.25, 0.3) is 0 Å². The number of hydrogen-bond acceptors (Lipinski definition) is 10. The van der Waals surface area contributed by atoms with Crippen LogP contribution in [0, 0.1) is 0 Å². The maximum absolute atomic E-state index is 13.0. The van der Waals surface area contributed by atoms with Crippen LogP contribution < -0.4 is 16.0 Å². The summed E-state index contributed by atoms with van der Waals surface area (Å²) in [7, 11) is 0. The lowest BCUT2D eigenvalue weighted by molar-refractivity contribution is -0.138. The Morgan fingerprint density at radius 1 is 0.750 bits per heavy atom. The summed E-state index contributed by atoms with van der Waals surface area (Å²) in [6.45, 7) is 7.84. The van der Waals surface area contributed by atoms with Crippen LogP contribution in [0.15, 0.2) is 97.1 Å². The summed E-state index contributed by atoms with van der Waals surface area (Å²) >= 11 is 5.19. The molecular formula is C40H48ClF6N11O2. The largest absolute Gasteiger partial charge is 0.444 e. The van der Waals surface area contributed by atoms with Crippen molar-refractivity contribution in [3.05, 3.63) is 108 Å². The van der Waals surface area contributed by atoms with Crippen molar-refractivity contribution in [3.63, 3.8) is 0 Å². The van der Waals surface area contributed by atoms with E-state index < -0.39 is 35.2 Å². The first-order valence-electron chi connectivity index (χ1n) is 17.6. The number of alkyl halides is 7. The van der Waals surface area contributed by atoms with Crippen LogP contribution in [0.4, 0.5) is 53.9 Å². The first-order valence-corrected chi connectivity index (χ1v) is 18.1. The predicted octanol–water partition coefficient (Wildman–Crippen LogP) is 11.2. The summed E-state index contributed by atoms with van der Waals surface area (Å²) in [5.74, 6) is 1.44. The van der Waals surface area contributed by atoms with Crippen LogP contribution in [-0.4, -0.2) is 65.0 Å². The zero-order valence-corrected chi connectivity index (χ0v) is 32.4. The second kappa shape index (κ2) is 22.8. The van der Waals surface area contributed by atoms with E-state index in [9.17, 15) is 31.1 Å². The number of nitrogens with one attached hydrogen (secondary N) is 4. The van der Waals surface area contributed by atoms with Crippen LogP contribution in [0.1, 0.15) is 60.1 Å². The number of nitrogens with zero attached hydrogens (tertiary/aromatic N) is 7. The summed E-state index contributed by atoms with van der Waals surface area (Å²) < 4.78 is 82.4. The van der Waals surface area contributed by atoms with Gasteiger partial charge >= 0.3 is 18.4 Å². The number of alkyl carbamates (subject to hydrolysis) is 1. The first-order chi connectivity index (χ1) is 27.5. The molecule has 0 aliphatic rings. The fourth-order valence-electron chi connectivity index (χ4n) is 4.73. The highest BCUT2D eigenvalue weighted by atomic mass is 35.5. The molecule has 4 N–H and O–H groups in total. The lowest BCUT2D eigenvalue weighted by Gasteiger charge is -2.19. The molecule has 0 fully saturated rings. The fourth-order valence-corrected chi connectivity index (χ4v) is 4.73. The average Bonchev–Trinajstić information content (AvgIpc) is 3.88. The molecule has 0 bridgehead atoms. The molecule has 0 aliphatic heterocycles. The molecule has 6 rings (SSSR count). The van der Waals surface area contributed by atoms with E-state index in [0.717, 1.165) is 36.6 Å². The molecule has 0 spiro atoms. The summed E-state index contributed by atoms with van der Waals surface area (Å²) in [4.78, 5) is 13.0. The smallest absolute Gasteiger partial charge is 0.416 e. The molecule has 20 heteroatoms. The number of aromatic amines is 1. The van der Waals surface area contributed by atoms with E-state index in [4.69, 9.17) is 16.3 Å². The van der Waals surface area contributed by atoms with Gasteiger partial charge in [0.15, 0.2) is 0 Å². The monoisotopic (exact) mass is 863 g/mol. The molecule has 0 saturated carbocycles. The van der Waals surface area contributed by atoms with Crippen molar-refractivity contribution in [3.8, 4) is 22.8 Å². The average molecular weight is 864 g/mol. The van der Waals surface area contributed by atoms with Gasteiger partial charge in [-0.3, -0.25) is 0 Å². The summed E-state index contributed by atoms with van der Waals surface area (Å²) in [6.07, 6.45) is -8.28. The summed E-state index contributed by atoms with van der Waals surface area (Å²) in [6, 6.07) is 23.9. The number of rotatable bonds is 10. The number of hydrogen-bond donors (Lipinski definition) is 4. The third kappa shape index (κ3) is 15.8. The van der Waals surface area contributed by atoms with Gasteiger partial charge in [-0.1, -0.05) is 58.2 Å². The van der Waals surface area contributed by atoms with E-state index >= 15 is 0 Å². The molecule has 60 heavy (non-hydrogen) atoms. The van der Waals surface area contributed by atoms with Crippen LogP contribution in [-0.2, 0) is 23.6 Å². The maximum atomic E-state index is 13.0. The van der Waals surface area contributed by atoms with Gasteiger partial charge < -0.3 is 20.7 Å². The van der Waals surface area contributed by atoms with E-state index in [1.165, 1.54) is 16.9 Å². The molecule has 2 aromatic heterocycles. The van der Waals surface area contributed by atoms with Crippen molar-refractivity contribution in [2.24, 2.45) is 0 Å². The molecule has 324 valence electrons. The van der Waals surface area contributed by atoms with Gasteiger partial charge in [-0.05, 0) is 98.3 Å². The van der Waals surface area contributed by atoms with Crippen LogP contribution in [0.25, 0.3) is 22.8 Å². The second-order valence-electron chi connectivity index (χ2n) is 13.1. The van der Waals surface area contributed by atoms with Crippen molar-refractivity contribution in [1.29, 1.82) is 0 Å². The number of para-hydroxylation sites is 2. The first kappa shape index (κ1) is 49.9. The molecular weight excluding hydrogens is 816 g/mol. The number of carbonyl (C=O) groups excluding carboxylic acids is 1. The van der Waals surface area contributed by atoms with E-state index in [2.05, 4.69) is 52.0 Å². The Morgan fingerprint density at radius 3 is 1.70 bits per heavy atom. The topological polar surface area (TPSA) is 160 Å². The molecule has 0 unspecified atom stereocenters. The Labute approximate surface area is 349 Å². The van der Waals surface area contributed by atoms with Crippen molar-refractivity contribution < 1.29 is 35.9 Å².